The lowest BCUT2D eigenvalue weighted by Crippen LogP contribution is -2.30. The highest BCUT2D eigenvalue weighted by Gasteiger charge is 2.37. The predicted octanol–water partition coefficient (Wildman–Crippen LogP) is 3.02. The molecule has 114 valence electrons. The third-order valence-corrected chi connectivity index (χ3v) is 2.86. The molecule has 0 unspecified atom stereocenters. The number of aromatic nitrogens is 3. The molecule has 0 spiro atoms. The molecule has 1 aliphatic rings. The molecule has 0 aromatic carbocycles. The van der Waals surface area contributed by atoms with Crippen molar-refractivity contribution in [3.05, 3.63) is 23.5 Å². The van der Waals surface area contributed by atoms with Crippen LogP contribution < -0.4 is 0 Å². The van der Waals surface area contributed by atoms with Gasteiger partial charge in [-0.05, 0) is 6.42 Å². The van der Waals surface area contributed by atoms with E-state index in [-0.39, 0.29) is 11.8 Å². The van der Waals surface area contributed by atoms with Crippen LogP contribution in [0.2, 0.25) is 0 Å². The number of nitrogens with zero attached hydrogens (tertiary/aromatic N) is 3. The molecule has 21 heavy (non-hydrogen) atoms. The molecule has 6 nitrogen and oxygen atoms in total. The standard InChI is InChI=1S/C11H10N4O2.2C2H6/c1-2-3-15-10(16)7-4-12-9-6(5-13-14-9)8(7)11(15)17;2*1-2/h4-5H,2-3H2,1H3,(H,12,13,14);2*1-2H3. The molecule has 3 rings (SSSR count). The summed E-state index contributed by atoms with van der Waals surface area (Å²) in [4.78, 5) is 29.5. The van der Waals surface area contributed by atoms with Crippen molar-refractivity contribution in [2.24, 2.45) is 0 Å². The first-order valence-electron chi connectivity index (χ1n) is 7.42. The van der Waals surface area contributed by atoms with Gasteiger partial charge in [0.15, 0.2) is 5.65 Å². The summed E-state index contributed by atoms with van der Waals surface area (Å²) in [5.74, 6) is -0.511. The molecular weight excluding hydrogens is 268 g/mol. The van der Waals surface area contributed by atoms with E-state index in [9.17, 15) is 9.59 Å². The first-order valence-corrected chi connectivity index (χ1v) is 7.42. The molecule has 2 aromatic heterocycles. The summed E-state index contributed by atoms with van der Waals surface area (Å²) >= 11 is 0. The SMILES string of the molecule is CC.CC.CCCN1C(=O)c2cnc3[nH]ncc3c2C1=O. The zero-order valence-corrected chi connectivity index (χ0v) is 13.2. The quantitative estimate of drug-likeness (QED) is 0.862. The van der Waals surface area contributed by atoms with Gasteiger partial charge in [-0.1, -0.05) is 34.6 Å². The van der Waals surface area contributed by atoms with Crippen LogP contribution in [0.5, 0.6) is 0 Å². The second-order valence-electron chi connectivity index (χ2n) is 3.94. The van der Waals surface area contributed by atoms with Crippen LogP contribution in [0.3, 0.4) is 0 Å². The van der Waals surface area contributed by atoms with Crippen molar-refractivity contribution in [2.75, 3.05) is 6.54 Å². The van der Waals surface area contributed by atoms with Gasteiger partial charge in [0, 0.05) is 12.7 Å². The molecule has 6 heteroatoms. The van der Waals surface area contributed by atoms with Gasteiger partial charge in [-0.3, -0.25) is 19.6 Å². The lowest BCUT2D eigenvalue weighted by atomic mass is 10.1. The average molecular weight is 290 g/mol. The van der Waals surface area contributed by atoms with Crippen LogP contribution in [-0.4, -0.2) is 38.4 Å². The monoisotopic (exact) mass is 290 g/mol. The van der Waals surface area contributed by atoms with E-state index in [1.165, 1.54) is 17.3 Å². The number of H-pyrrole nitrogens is 1. The normalized spacial score (nSPS) is 12.5. The number of pyridine rings is 1. The van der Waals surface area contributed by atoms with E-state index in [4.69, 9.17) is 0 Å². The van der Waals surface area contributed by atoms with E-state index < -0.39 is 0 Å². The van der Waals surface area contributed by atoms with Crippen LogP contribution in [0.1, 0.15) is 61.8 Å². The number of carbonyl (C=O) groups excluding carboxylic acids is 2. The fourth-order valence-electron chi connectivity index (χ4n) is 2.09. The number of hydrogen-bond acceptors (Lipinski definition) is 4. The highest BCUT2D eigenvalue weighted by molar-refractivity contribution is 6.25. The number of hydrogen-bond donors (Lipinski definition) is 1. The molecule has 0 saturated carbocycles. The summed E-state index contributed by atoms with van der Waals surface area (Å²) in [6.07, 6.45) is 3.71. The molecule has 0 saturated heterocycles. The minimum atomic E-state index is -0.262. The third-order valence-electron chi connectivity index (χ3n) is 2.86. The van der Waals surface area contributed by atoms with Crippen molar-refractivity contribution in [1.29, 1.82) is 0 Å². The molecule has 2 aromatic rings. The minimum absolute atomic E-state index is 0.249. The summed E-state index contributed by atoms with van der Waals surface area (Å²) in [6.45, 7) is 10.4. The second kappa shape index (κ2) is 7.52. The van der Waals surface area contributed by atoms with Gasteiger partial charge in [0.1, 0.15) is 0 Å². The van der Waals surface area contributed by atoms with Gasteiger partial charge < -0.3 is 0 Å². The Kier molecular flexibility index (Phi) is 6.02. The van der Waals surface area contributed by atoms with E-state index in [0.717, 1.165) is 6.42 Å². The highest BCUT2D eigenvalue weighted by Crippen LogP contribution is 2.27. The van der Waals surface area contributed by atoms with Gasteiger partial charge in [-0.15, -0.1) is 0 Å². The molecule has 2 amide bonds. The second-order valence-corrected chi connectivity index (χ2v) is 3.94. The average Bonchev–Trinajstić information content (AvgIpc) is 3.10. The van der Waals surface area contributed by atoms with Gasteiger partial charge in [-0.2, -0.15) is 5.10 Å². The Morgan fingerprint density at radius 3 is 2.38 bits per heavy atom. The summed E-state index contributed by atoms with van der Waals surface area (Å²) in [7, 11) is 0. The summed E-state index contributed by atoms with van der Waals surface area (Å²) in [6, 6.07) is 0. The van der Waals surface area contributed by atoms with E-state index in [2.05, 4.69) is 15.2 Å². The molecule has 0 aliphatic carbocycles. The Morgan fingerprint density at radius 1 is 1.10 bits per heavy atom. The van der Waals surface area contributed by atoms with Crippen LogP contribution in [-0.2, 0) is 0 Å². The van der Waals surface area contributed by atoms with Crippen LogP contribution in [0.4, 0.5) is 0 Å². The molecule has 3 heterocycles. The fraction of sp³-hybridized carbons (Fsp3) is 0.467. The van der Waals surface area contributed by atoms with Crippen molar-refractivity contribution >= 4 is 22.8 Å². The Labute approximate surface area is 124 Å². The summed E-state index contributed by atoms with van der Waals surface area (Å²) in [5, 5.41) is 7.14. The maximum atomic E-state index is 12.1. The summed E-state index contributed by atoms with van der Waals surface area (Å²) in [5.41, 5.74) is 1.32. The number of nitrogens with one attached hydrogen (secondary N) is 1. The van der Waals surface area contributed by atoms with Crippen molar-refractivity contribution in [2.45, 2.75) is 41.0 Å². The zero-order valence-electron chi connectivity index (χ0n) is 13.2. The maximum absolute atomic E-state index is 12.1. The Hall–Kier alpha value is -2.24. The van der Waals surface area contributed by atoms with E-state index >= 15 is 0 Å². The molecule has 0 bridgehead atoms. The van der Waals surface area contributed by atoms with Gasteiger partial charge in [0.2, 0.25) is 0 Å². The van der Waals surface area contributed by atoms with Crippen LogP contribution in [0.15, 0.2) is 12.4 Å². The number of carbonyl (C=O) groups is 2. The minimum Gasteiger partial charge on any atom is -0.274 e. The van der Waals surface area contributed by atoms with Crippen LogP contribution in [0.25, 0.3) is 11.0 Å². The van der Waals surface area contributed by atoms with Crippen molar-refractivity contribution in [3.63, 3.8) is 0 Å². The highest BCUT2D eigenvalue weighted by atomic mass is 16.2. The van der Waals surface area contributed by atoms with Gasteiger partial charge in [0.05, 0.1) is 22.7 Å². The van der Waals surface area contributed by atoms with Crippen molar-refractivity contribution in [1.82, 2.24) is 20.1 Å². The van der Waals surface area contributed by atoms with E-state index in [1.807, 2.05) is 34.6 Å². The molecular formula is C15H22N4O2. The van der Waals surface area contributed by atoms with Crippen molar-refractivity contribution in [3.8, 4) is 0 Å². The van der Waals surface area contributed by atoms with Gasteiger partial charge in [-0.25, -0.2) is 4.98 Å². The molecule has 1 N–H and O–H groups in total. The number of amides is 2. The van der Waals surface area contributed by atoms with Crippen LogP contribution in [0, 0.1) is 0 Å². The Bertz CT molecular complexity index is 634. The largest absolute Gasteiger partial charge is 0.274 e. The first-order chi connectivity index (χ1) is 10.2. The number of rotatable bonds is 2. The lowest BCUT2D eigenvalue weighted by Gasteiger charge is -2.11. The molecule has 0 atom stereocenters. The third kappa shape index (κ3) is 2.79. The molecule has 1 aliphatic heterocycles. The zero-order chi connectivity index (χ0) is 16.0. The van der Waals surface area contributed by atoms with Crippen LogP contribution >= 0.6 is 0 Å². The lowest BCUT2D eigenvalue weighted by molar-refractivity contribution is 0.0655. The van der Waals surface area contributed by atoms with E-state index in [1.54, 1.807) is 0 Å². The van der Waals surface area contributed by atoms with Crippen molar-refractivity contribution < 1.29 is 9.59 Å². The van der Waals surface area contributed by atoms with E-state index in [0.29, 0.717) is 28.7 Å². The number of imide groups is 1. The maximum Gasteiger partial charge on any atom is 0.263 e. The first kappa shape index (κ1) is 16.8. The summed E-state index contributed by atoms with van der Waals surface area (Å²) < 4.78 is 0. The number of aromatic amines is 1. The number of fused-ring (bicyclic) bond motifs is 3. The molecule has 0 radical (unpaired) electrons. The van der Waals surface area contributed by atoms with Gasteiger partial charge >= 0.3 is 0 Å². The predicted molar refractivity (Wildman–Crippen MR) is 82.2 cm³/mol. The molecule has 0 fully saturated rings. The fourth-order valence-corrected chi connectivity index (χ4v) is 2.09. The topological polar surface area (TPSA) is 79.0 Å². The van der Waals surface area contributed by atoms with Gasteiger partial charge in [0.25, 0.3) is 11.8 Å². The Balaban J connectivity index is 0.000000510. The Morgan fingerprint density at radius 2 is 1.76 bits per heavy atom. The smallest absolute Gasteiger partial charge is 0.263 e.